The number of carbonyl (C=O) groups excluding carboxylic acids is 2. The van der Waals surface area contributed by atoms with Crippen LogP contribution in [-0.4, -0.2) is 52.8 Å². The fraction of sp³-hybridized carbons (Fsp3) is 0.435. The molecule has 0 radical (unpaired) electrons. The van der Waals surface area contributed by atoms with Gasteiger partial charge in [-0.05, 0) is 49.3 Å². The fourth-order valence-corrected chi connectivity index (χ4v) is 4.72. The van der Waals surface area contributed by atoms with Gasteiger partial charge in [0.05, 0.1) is 5.92 Å². The zero-order valence-electron chi connectivity index (χ0n) is 16.4. The van der Waals surface area contributed by atoms with Gasteiger partial charge in [-0.1, -0.05) is 30.3 Å². The van der Waals surface area contributed by atoms with Gasteiger partial charge in [-0.15, -0.1) is 0 Å². The highest BCUT2D eigenvalue weighted by atomic mass is 16.2. The molecule has 2 aromatic rings. The lowest BCUT2D eigenvalue weighted by Gasteiger charge is -2.49. The number of hydrogen-bond acceptors (Lipinski definition) is 3. The van der Waals surface area contributed by atoms with E-state index in [0.717, 1.165) is 51.0 Å². The van der Waals surface area contributed by atoms with E-state index < -0.39 is 0 Å². The van der Waals surface area contributed by atoms with E-state index in [1.54, 1.807) is 24.5 Å². The van der Waals surface area contributed by atoms with Gasteiger partial charge in [-0.3, -0.25) is 14.6 Å². The van der Waals surface area contributed by atoms with E-state index in [4.69, 9.17) is 0 Å². The van der Waals surface area contributed by atoms with E-state index in [0.29, 0.717) is 5.56 Å². The summed E-state index contributed by atoms with van der Waals surface area (Å²) >= 11 is 0. The number of pyridine rings is 1. The van der Waals surface area contributed by atoms with Crippen molar-refractivity contribution in [2.75, 3.05) is 26.2 Å². The fourth-order valence-electron chi connectivity index (χ4n) is 4.72. The second-order valence-corrected chi connectivity index (χ2v) is 8.05. The number of aromatic nitrogens is 1. The molecule has 5 heteroatoms. The summed E-state index contributed by atoms with van der Waals surface area (Å²) in [5, 5.41) is 0. The summed E-state index contributed by atoms with van der Waals surface area (Å²) in [6.07, 6.45) is 6.08. The van der Waals surface area contributed by atoms with Crippen LogP contribution in [0.5, 0.6) is 0 Å². The summed E-state index contributed by atoms with van der Waals surface area (Å²) in [7, 11) is 0. The van der Waals surface area contributed by atoms with Crippen LogP contribution >= 0.6 is 0 Å². The first-order chi connectivity index (χ1) is 13.6. The SMILES string of the molecule is CCN1CC2(CCN(C(=O)c3ccncc3)CC2)CC(c2ccccc2)C1=O. The Morgan fingerprint density at radius 3 is 2.43 bits per heavy atom. The molecule has 1 atom stereocenters. The summed E-state index contributed by atoms with van der Waals surface area (Å²) in [6, 6.07) is 13.7. The van der Waals surface area contributed by atoms with Gasteiger partial charge in [0, 0.05) is 44.1 Å². The van der Waals surface area contributed by atoms with E-state index in [1.807, 2.05) is 28.0 Å². The van der Waals surface area contributed by atoms with Crippen LogP contribution in [0.3, 0.4) is 0 Å². The molecule has 2 amide bonds. The van der Waals surface area contributed by atoms with Crippen molar-refractivity contribution in [2.24, 2.45) is 5.41 Å². The number of rotatable bonds is 3. The molecule has 28 heavy (non-hydrogen) atoms. The number of piperidine rings is 2. The number of amides is 2. The number of benzene rings is 1. The highest BCUT2D eigenvalue weighted by Crippen LogP contribution is 2.45. The predicted octanol–water partition coefficient (Wildman–Crippen LogP) is 3.34. The predicted molar refractivity (Wildman–Crippen MR) is 108 cm³/mol. The molecular weight excluding hydrogens is 350 g/mol. The van der Waals surface area contributed by atoms with Crippen LogP contribution < -0.4 is 0 Å². The van der Waals surface area contributed by atoms with Crippen molar-refractivity contribution in [1.29, 1.82) is 0 Å². The molecule has 1 spiro atoms. The van der Waals surface area contributed by atoms with E-state index in [2.05, 4.69) is 24.0 Å². The smallest absolute Gasteiger partial charge is 0.253 e. The highest BCUT2D eigenvalue weighted by Gasteiger charge is 2.46. The third-order valence-corrected chi connectivity index (χ3v) is 6.40. The third kappa shape index (κ3) is 3.53. The summed E-state index contributed by atoms with van der Waals surface area (Å²) in [5.41, 5.74) is 1.90. The number of hydrogen-bond donors (Lipinski definition) is 0. The van der Waals surface area contributed by atoms with Gasteiger partial charge >= 0.3 is 0 Å². The third-order valence-electron chi connectivity index (χ3n) is 6.40. The van der Waals surface area contributed by atoms with Gasteiger partial charge in [0.2, 0.25) is 5.91 Å². The van der Waals surface area contributed by atoms with Crippen molar-refractivity contribution in [3.8, 4) is 0 Å². The maximum Gasteiger partial charge on any atom is 0.253 e. The molecule has 4 rings (SSSR count). The van der Waals surface area contributed by atoms with E-state index in [-0.39, 0.29) is 23.1 Å². The Kier molecular flexibility index (Phi) is 5.16. The van der Waals surface area contributed by atoms with Crippen LogP contribution in [-0.2, 0) is 4.79 Å². The summed E-state index contributed by atoms with van der Waals surface area (Å²) < 4.78 is 0. The van der Waals surface area contributed by atoms with Gasteiger partial charge in [-0.25, -0.2) is 0 Å². The van der Waals surface area contributed by atoms with Crippen LogP contribution in [0.15, 0.2) is 54.9 Å². The Morgan fingerprint density at radius 2 is 1.79 bits per heavy atom. The van der Waals surface area contributed by atoms with Crippen molar-refractivity contribution < 1.29 is 9.59 Å². The van der Waals surface area contributed by atoms with Crippen molar-refractivity contribution in [1.82, 2.24) is 14.8 Å². The zero-order chi connectivity index (χ0) is 19.6. The van der Waals surface area contributed by atoms with Crippen LogP contribution in [0, 0.1) is 5.41 Å². The minimum Gasteiger partial charge on any atom is -0.342 e. The van der Waals surface area contributed by atoms with Gasteiger partial charge in [0.1, 0.15) is 0 Å². The number of carbonyl (C=O) groups is 2. The molecule has 0 N–H and O–H groups in total. The van der Waals surface area contributed by atoms with E-state index >= 15 is 0 Å². The molecule has 0 bridgehead atoms. The van der Waals surface area contributed by atoms with Gasteiger partial charge in [-0.2, -0.15) is 0 Å². The molecular formula is C23H27N3O2. The molecule has 146 valence electrons. The van der Waals surface area contributed by atoms with Gasteiger partial charge in [0.25, 0.3) is 5.91 Å². The molecule has 5 nitrogen and oxygen atoms in total. The molecule has 1 aromatic heterocycles. The molecule has 2 aliphatic rings. The molecule has 0 saturated carbocycles. The lowest BCUT2D eigenvalue weighted by Crippen LogP contribution is -2.54. The minimum atomic E-state index is -0.0719. The Bertz CT molecular complexity index is 829. The summed E-state index contributed by atoms with van der Waals surface area (Å²) in [4.78, 5) is 33.7. The molecule has 2 fully saturated rings. The Labute approximate surface area is 166 Å². The van der Waals surface area contributed by atoms with Crippen molar-refractivity contribution >= 4 is 11.8 Å². The Balaban J connectivity index is 1.50. The van der Waals surface area contributed by atoms with Crippen LogP contribution in [0.2, 0.25) is 0 Å². The maximum absolute atomic E-state index is 13.0. The zero-order valence-corrected chi connectivity index (χ0v) is 16.4. The molecule has 1 aromatic carbocycles. The molecule has 2 aliphatic heterocycles. The molecule has 2 saturated heterocycles. The lowest BCUT2D eigenvalue weighted by atomic mass is 9.67. The highest BCUT2D eigenvalue weighted by molar-refractivity contribution is 5.94. The quantitative estimate of drug-likeness (QED) is 0.824. The molecule has 3 heterocycles. The van der Waals surface area contributed by atoms with Crippen LogP contribution in [0.4, 0.5) is 0 Å². The van der Waals surface area contributed by atoms with Crippen molar-refractivity contribution in [2.45, 2.75) is 32.1 Å². The average molecular weight is 377 g/mol. The van der Waals surface area contributed by atoms with Crippen molar-refractivity contribution in [3.05, 3.63) is 66.0 Å². The Morgan fingerprint density at radius 1 is 1.11 bits per heavy atom. The lowest BCUT2D eigenvalue weighted by molar-refractivity contribution is -0.141. The van der Waals surface area contributed by atoms with Crippen LogP contribution in [0.25, 0.3) is 0 Å². The van der Waals surface area contributed by atoms with E-state index in [1.165, 1.54) is 0 Å². The second-order valence-electron chi connectivity index (χ2n) is 8.05. The maximum atomic E-state index is 13.0. The topological polar surface area (TPSA) is 53.5 Å². The first-order valence-electron chi connectivity index (χ1n) is 10.1. The monoisotopic (exact) mass is 377 g/mol. The Hall–Kier alpha value is -2.69. The van der Waals surface area contributed by atoms with E-state index in [9.17, 15) is 9.59 Å². The summed E-state index contributed by atoms with van der Waals surface area (Å²) in [6.45, 7) is 5.09. The second kappa shape index (κ2) is 7.74. The van der Waals surface area contributed by atoms with Crippen LogP contribution in [0.1, 0.15) is 48.0 Å². The standard InChI is InChI=1S/C23H27N3O2/c1-2-25-17-23(16-20(22(25)28)18-6-4-3-5-7-18)10-14-26(15-11-23)21(27)19-8-12-24-13-9-19/h3-9,12-13,20H,2,10-11,14-17H2,1H3. The molecule has 0 aliphatic carbocycles. The minimum absolute atomic E-state index is 0.0719. The number of likely N-dealkylation sites (tertiary alicyclic amines) is 2. The molecule has 1 unspecified atom stereocenters. The van der Waals surface area contributed by atoms with Gasteiger partial charge in [0.15, 0.2) is 0 Å². The number of nitrogens with zero attached hydrogens (tertiary/aromatic N) is 3. The first-order valence-corrected chi connectivity index (χ1v) is 10.1. The van der Waals surface area contributed by atoms with Gasteiger partial charge < -0.3 is 9.80 Å². The normalized spacial score (nSPS) is 21.8. The average Bonchev–Trinajstić information content (AvgIpc) is 2.76. The summed E-state index contributed by atoms with van der Waals surface area (Å²) in [5.74, 6) is 0.253. The number of likely N-dealkylation sites (N-methyl/N-ethyl adjacent to an activating group) is 1. The van der Waals surface area contributed by atoms with Crippen molar-refractivity contribution in [3.63, 3.8) is 0 Å². The first kappa shape index (κ1) is 18.7. The largest absolute Gasteiger partial charge is 0.342 e.